The minimum Gasteiger partial charge on any atom is -0.481 e. The second-order valence-corrected chi connectivity index (χ2v) is 6.00. The Morgan fingerprint density at radius 2 is 1.91 bits per heavy atom. The number of rotatable bonds is 9. The second-order valence-electron chi connectivity index (χ2n) is 5.08. The molecule has 0 aliphatic heterocycles. The number of halogens is 1. The van der Waals surface area contributed by atoms with E-state index in [1.54, 1.807) is 18.2 Å². The zero-order chi connectivity index (χ0) is 17.2. The van der Waals surface area contributed by atoms with Gasteiger partial charge in [-0.15, -0.1) is 0 Å². The molecule has 0 radical (unpaired) electrons. The van der Waals surface area contributed by atoms with Gasteiger partial charge in [0.1, 0.15) is 0 Å². The normalized spacial score (nSPS) is 11.6. The van der Waals surface area contributed by atoms with Gasteiger partial charge in [0.15, 0.2) is 0 Å². The molecule has 0 aromatic heterocycles. The third-order valence-corrected chi connectivity index (χ3v) is 3.64. The zero-order valence-corrected chi connectivity index (χ0v) is 14.6. The average Bonchev–Trinajstić information content (AvgIpc) is 2.46. The first-order chi connectivity index (χ1) is 10.9. The lowest BCUT2D eigenvalue weighted by atomic mass is 10.0. The van der Waals surface area contributed by atoms with Crippen LogP contribution in [-0.2, 0) is 14.4 Å². The molecule has 0 spiro atoms. The largest absolute Gasteiger partial charge is 0.481 e. The number of aliphatic carboxylic acids is 1. The van der Waals surface area contributed by atoms with Crippen molar-refractivity contribution in [2.24, 2.45) is 0 Å². The molecule has 3 N–H and O–H groups in total. The van der Waals surface area contributed by atoms with Crippen molar-refractivity contribution in [3.8, 4) is 0 Å². The molecule has 1 unspecified atom stereocenters. The van der Waals surface area contributed by atoms with E-state index in [4.69, 9.17) is 5.11 Å². The van der Waals surface area contributed by atoms with E-state index in [9.17, 15) is 14.4 Å². The summed E-state index contributed by atoms with van der Waals surface area (Å²) in [6.45, 7) is 2.40. The fourth-order valence-corrected chi connectivity index (χ4v) is 2.53. The smallest absolute Gasteiger partial charge is 0.305 e. The molecule has 0 fully saturated rings. The van der Waals surface area contributed by atoms with Gasteiger partial charge < -0.3 is 15.7 Å². The van der Waals surface area contributed by atoms with Crippen LogP contribution in [0.25, 0.3) is 0 Å². The third kappa shape index (κ3) is 7.78. The molecule has 7 heteroatoms. The van der Waals surface area contributed by atoms with Gasteiger partial charge >= 0.3 is 5.97 Å². The molecule has 1 atom stereocenters. The Morgan fingerprint density at radius 1 is 1.22 bits per heavy atom. The number of carbonyl (C=O) groups is 3. The predicted molar refractivity (Wildman–Crippen MR) is 89.8 cm³/mol. The summed E-state index contributed by atoms with van der Waals surface area (Å²) in [6, 6.07) is 6.57. The van der Waals surface area contributed by atoms with Crippen LogP contribution in [0.15, 0.2) is 28.7 Å². The highest BCUT2D eigenvalue weighted by molar-refractivity contribution is 9.10. The molecule has 0 saturated heterocycles. The van der Waals surface area contributed by atoms with Crippen molar-refractivity contribution in [1.82, 2.24) is 10.6 Å². The van der Waals surface area contributed by atoms with Crippen LogP contribution in [0.1, 0.15) is 44.2 Å². The van der Waals surface area contributed by atoms with Gasteiger partial charge in [0.2, 0.25) is 11.8 Å². The summed E-state index contributed by atoms with van der Waals surface area (Å²) >= 11 is 3.33. The van der Waals surface area contributed by atoms with Crippen LogP contribution in [0.3, 0.4) is 0 Å². The first-order valence-electron chi connectivity index (χ1n) is 7.45. The van der Waals surface area contributed by atoms with Gasteiger partial charge in [-0.2, -0.15) is 0 Å². The molecule has 0 saturated carbocycles. The highest BCUT2D eigenvalue weighted by Crippen LogP contribution is 2.21. The summed E-state index contributed by atoms with van der Waals surface area (Å²) in [5, 5.41) is 14.4. The molecule has 23 heavy (non-hydrogen) atoms. The minimum atomic E-state index is -0.988. The average molecular weight is 385 g/mol. The molecule has 1 aromatic rings. The molecule has 1 rings (SSSR count). The SMILES string of the molecule is CCNC(=O)CCCC(=O)NC(CC(=O)O)c1cccc(Br)c1. The number of benzene rings is 1. The standard InChI is InChI=1S/C16H21BrN2O4/c1-2-18-14(20)7-4-8-15(21)19-13(10-16(22)23)11-5-3-6-12(17)9-11/h3,5-6,9,13H,2,4,7-8,10H2,1H3,(H,18,20)(H,19,21)(H,22,23). The van der Waals surface area contributed by atoms with Gasteiger partial charge in [-0.1, -0.05) is 28.1 Å². The van der Waals surface area contributed by atoms with Crippen molar-refractivity contribution in [2.45, 2.75) is 38.6 Å². The van der Waals surface area contributed by atoms with Crippen LogP contribution in [0.4, 0.5) is 0 Å². The van der Waals surface area contributed by atoms with Gasteiger partial charge in [-0.25, -0.2) is 0 Å². The Labute approximate surface area is 143 Å². The highest BCUT2D eigenvalue weighted by atomic mass is 79.9. The van der Waals surface area contributed by atoms with E-state index in [-0.39, 0.29) is 31.1 Å². The fraction of sp³-hybridized carbons (Fsp3) is 0.438. The van der Waals surface area contributed by atoms with Crippen LogP contribution in [0, 0.1) is 0 Å². The minimum absolute atomic E-state index is 0.0885. The van der Waals surface area contributed by atoms with E-state index in [1.807, 2.05) is 13.0 Å². The number of nitrogens with one attached hydrogen (secondary N) is 2. The number of hydrogen-bond acceptors (Lipinski definition) is 3. The predicted octanol–water partition coefficient (Wildman–Crippen LogP) is 2.39. The number of carboxylic acids is 1. The van der Waals surface area contributed by atoms with E-state index in [0.29, 0.717) is 13.0 Å². The van der Waals surface area contributed by atoms with Crippen LogP contribution in [0.5, 0.6) is 0 Å². The molecule has 0 bridgehead atoms. The van der Waals surface area contributed by atoms with Crippen LogP contribution in [-0.4, -0.2) is 29.4 Å². The molecule has 0 aliphatic rings. The Hall–Kier alpha value is -1.89. The lowest BCUT2D eigenvalue weighted by Crippen LogP contribution is -2.30. The molecular weight excluding hydrogens is 364 g/mol. The van der Waals surface area contributed by atoms with E-state index < -0.39 is 12.0 Å². The number of carbonyl (C=O) groups excluding carboxylic acids is 2. The van der Waals surface area contributed by atoms with Crippen molar-refractivity contribution in [2.75, 3.05) is 6.54 Å². The molecule has 6 nitrogen and oxygen atoms in total. The summed E-state index contributed by atoms with van der Waals surface area (Å²) in [7, 11) is 0. The molecule has 0 heterocycles. The lowest BCUT2D eigenvalue weighted by molar-refractivity contribution is -0.137. The topological polar surface area (TPSA) is 95.5 Å². The van der Waals surface area contributed by atoms with E-state index >= 15 is 0 Å². The number of carboxylic acid groups (broad SMARTS) is 1. The molecule has 126 valence electrons. The quantitative estimate of drug-likeness (QED) is 0.608. The number of hydrogen-bond donors (Lipinski definition) is 3. The first kappa shape index (κ1) is 19.2. The van der Waals surface area contributed by atoms with Gasteiger partial charge in [0.05, 0.1) is 12.5 Å². The van der Waals surface area contributed by atoms with Gasteiger partial charge in [-0.3, -0.25) is 14.4 Å². The van der Waals surface area contributed by atoms with Crippen molar-refractivity contribution in [3.63, 3.8) is 0 Å². The second kappa shape index (κ2) is 9.99. The summed E-state index contributed by atoms with van der Waals surface area (Å²) in [5.41, 5.74) is 0.721. The summed E-state index contributed by atoms with van der Waals surface area (Å²) < 4.78 is 0.816. The summed E-state index contributed by atoms with van der Waals surface area (Å²) in [5.74, 6) is -1.34. The summed E-state index contributed by atoms with van der Waals surface area (Å²) in [4.78, 5) is 34.3. The maximum absolute atomic E-state index is 12.0. The Balaban J connectivity index is 2.58. The van der Waals surface area contributed by atoms with Crippen molar-refractivity contribution in [3.05, 3.63) is 34.3 Å². The molecule has 2 amide bonds. The van der Waals surface area contributed by atoms with Gasteiger partial charge in [-0.05, 0) is 31.0 Å². The van der Waals surface area contributed by atoms with Crippen LogP contribution < -0.4 is 10.6 Å². The molecule has 1 aromatic carbocycles. The van der Waals surface area contributed by atoms with Crippen molar-refractivity contribution in [1.29, 1.82) is 0 Å². The number of amides is 2. The van der Waals surface area contributed by atoms with E-state index in [2.05, 4.69) is 26.6 Å². The maximum atomic E-state index is 12.0. The van der Waals surface area contributed by atoms with Gasteiger partial charge in [0, 0.05) is 23.9 Å². The molecular formula is C16H21BrN2O4. The first-order valence-corrected chi connectivity index (χ1v) is 8.25. The van der Waals surface area contributed by atoms with Crippen molar-refractivity contribution >= 4 is 33.7 Å². The zero-order valence-electron chi connectivity index (χ0n) is 13.0. The van der Waals surface area contributed by atoms with Gasteiger partial charge in [0.25, 0.3) is 0 Å². The lowest BCUT2D eigenvalue weighted by Gasteiger charge is -2.17. The third-order valence-electron chi connectivity index (χ3n) is 3.15. The van der Waals surface area contributed by atoms with Crippen molar-refractivity contribution < 1.29 is 19.5 Å². The Bertz CT molecular complexity index is 563. The van der Waals surface area contributed by atoms with Crippen LogP contribution >= 0.6 is 15.9 Å². The van der Waals surface area contributed by atoms with Crippen LogP contribution in [0.2, 0.25) is 0 Å². The summed E-state index contributed by atoms with van der Waals surface area (Å²) in [6.07, 6.45) is 0.692. The fourth-order valence-electron chi connectivity index (χ4n) is 2.11. The van der Waals surface area contributed by atoms with E-state index in [1.165, 1.54) is 0 Å². The maximum Gasteiger partial charge on any atom is 0.305 e. The Morgan fingerprint density at radius 3 is 2.52 bits per heavy atom. The molecule has 0 aliphatic carbocycles. The Kier molecular flexibility index (Phi) is 8.32. The van der Waals surface area contributed by atoms with E-state index in [0.717, 1.165) is 10.0 Å². The highest BCUT2D eigenvalue weighted by Gasteiger charge is 2.18. The monoisotopic (exact) mass is 384 g/mol.